The Labute approximate surface area is 164 Å². The Morgan fingerprint density at radius 3 is 2.52 bits per heavy atom. The third-order valence-corrected chi connectivity index (χ3v) is 5.19. The number of nitrogens with one attached hydrogen (secondary N) is 1. The van der Waals surface area contributed by atoms with Gasteiger partial charge in [0.15, 0.2) is 0 Å². The number of unbranched alkanes of at least 4 members (excludes halogenated alkanes) is 7. The summed E-state index contributed by atoms with van der Waals surface area (Å²) in [5, 5.41) is 2.95. The quantitative estimate of drug-likeness (QED) is 0.437. The first-order valence-corrected chi connectivity index (χ1v) is 11.0. The third kappa shape index (κ3) is 7.36. The Hall–Kier alpha value is -1.84. The lowest BCUT2D eigenvalue weighted by Crippen LogP contribution is -2.23. The molecule has 1 heterocycles. The summed E-state index contributed by atoms with van der Waals surface area (Å²) in [5.41, 5.74) is 2.39. The van der Waals surface area contributed by atoms with Crippen LogP contribution >= 0.6 is 0 Å². The summed E-state index contributed by atoms with van der Waals surface area (Å²) < 4.78 is 2.44. The average molecular weight is 372 g/mol. The number of rotatable bonds is 14. The van der Waals surface area contributed by atoms with Crippen molar-refractivity contribution in [3.63, 3.8) is 0 Å². The fraction of sp³-hybridized carbons (Fsp3) is 0.652. The van der Waals surface area contributed by atoms with E-state index in [-0.39, 0.29) is 5.91 Å². The summed E-state index contributed by atoms with van der Waals surface area (Å²) >= 11 is 0. The number of aryl methyl sites for hydroxylation is 2. The van der Waals surface area contributed by atoms with E-state index in [0.717, 1.165) is 44.3 Å². The molecule has 0 aliphatic carbocycles. The Balaban J connectivity index is 1.82. The van der Waals surface area contributed by atoms with Gasteiger partial charge < -0.3 is 9.88 Å². The van der Waals surface area contributed by atoms with Crippen LogP contribution in [-0.4, -0.2) is 22.0 Å². The van der Waals surface area contributed by atoms with Gasteiger partial charge in [0.05, 0.1) is 11.0 Å². The van der Waals surface area contributed by atoms with E-state index in [4.69, 9.17) is 4.98 Å². The van der Waals surface area contributed by atoms with E-state index in [0.29, 0.717) is 6.42 Å². The summed E-state index contributed by atoms with van der Waals surface area (Å²) in [6.45, 7) is 6.03. The molecule has 0 unspecified atom stereocenters. The topological polar surface area (TPSA) is 46.9 Å². The maximum atomic E-state index is 11.3. The molecule has 4 heteroatoms. The van der Waals surface area contributed by atoms with Gasteiger partial charge in [-0.3, -0.25) is 4.79 Å². The third-order valence-electron chi connectivity index (χ3n) is 5.19. The molecule has 0 saturated heterocycles. The number of carbonyl (C=O) groups excluding carboxylic acids is 1. The van der Waals surface area contributed by atoms with Gasteiger partial charge in [-0.1, -0.05) is 64.5 Å². The first kappa shape index (κ1) is 21.5. The van der Waals surface area contributed by atoms with Gasteiger partial charge in [-0.05, 0) is 31.4 Å². The van der Waals surface area contributed by atoms with Crippen molar-refractivity contribution >= 4 is 16.9 Å². The largest absolute Gasteiger partial charge is 0.356 e. The number of aromatic nitrogens is 2. The first-order valence-electron chi connectivity index (χ1n) is 11.0. The standard InChI is InChI=1S/C23H37N3O/c1-3-5-6-7-8-14-19-26-21-16-12-11-15-20(21)25-22(26)17-10-9-13-18-24-23(27)4-2/h11-12,15-16H,3-10,13-14,17-19H2,1-2H3,(H,24,27). The SMILES string of the molecule is CCCCCCCCn1c(CCCCCNC(=O)CC)nc2ccccc21. The number of imidazole rings is 1. The van der Waals surface area contributed by atoms with Gasteiger partial charge in [-0.2, -0.15) is 0 Å². The summed E-state index contributed by atoms with van der Waals surface area (Å²) in [6.07, 6.45) is 12.8. The van der Waals surface area contributed by atoms with E-state index in [1.165, 1.54) is 49.9 Å². The van der Waals surface area contributed by atoms with Crippen molar-refractivity contribution in [1.29, 1.82) is 0 Å². The lowest BCUT2D eigenvalue weighted by Gasteiger charge is -2.10. The molecule has 0 radical (unpaired) electrons. The smallest absolute Gasteiger partial charge is 0.219 e. The van der Waals surface area contributed by atoms with Crippen molar-refractivity contribution in [1.82, 2.24) is 14.9 Å². The summed E-state index contributed by atoms with van der Waals surface area (Å²) in [4.78, 5) is 16.2. The van der Waals surface area contributed by atoms with Crippen LogP contribution in [0.15, 0.2) is 24.3 Å². The lowest BCUT2D eigenvalue weighted by molar-refractivity contribution is -0.120. The normalized spacial score (nSPS) is 11.2. The van der Waals surface area contributed by atoms with Crippen LogP contribution < -0.4 is 5.32 Å². The van der Waals surface area contributed by atoms with Crippen LogP contribution in [0.5, 0.6) is 0 Å². The molecule has 27 heavy (non-hydrogen) atoms. The van der Waals surface area contributed by atoms with Gasteiger partial charge >= 0.3 is 0 Å². The van der Waals surface area contributed by atoms with Crippen LogP contribution in [0.2, 0.25) is 0 Å². The second-order valence-corrected chi connectivity index (χ2v) is 7.45. The van der Waals surface area contributed by atoms with Crippen LogP contribution in [0, 0.1) is 0 Å². The Kier molecular flexibility index (Phi) is 9.96. The van der Waals surface area contributed by atoms with Crippen molar-refractivity contribution in [2.24, 2.45) is 0 Å². The van der Waals surface area contributed by atoms with E-state index in [9.17, 15) is 4.79 Å². The highest BCUT2D eigenvalue weighted by atomic mass is 16.1. The maximum absolute atomic E-state index is 11.3. The minimum absolute atomic E-state index is 0.149. The molecular weight excluding hydrogens is 334 g/mol. The molecule has 1 N–H and O–H groups in total. The van der Waals surface area contributed by atoms with Crippen molar-refractivity contribution in [2.45, 2.75) is 91.0 Å². The van der Waals surface area contributed by atoms with E-state index in [1.54, 1.807) is 0 Å². The zero-order valence-corrected chi connectivity index (χ0v) is 17.3. The molecule has 0 spiro atoms. The van der Waals surface area contributed by atoms with E-state index >= 15 is 0 Å². The Bertz CT molecular complexity index is 677. The van der Waals surface area contributed by atoms with E-state index < -0.39 is 0 Å². The number of amides is 1. The Morgan fingerprint density at radius 2 is 1.70 bits per heavy atom. The molecule has 2 aromatic rings. The maximum Gasteiger partial charge on any atom is 0.219 e. The van der Waals surface area contributed by atoms with Gasteiger partial charge in [-0.25, -0.2) is 4.98 Å². The minimum atomic E-state index is 0.149. The molecule has 0 bridgehead atoms. The van der Waals surface area contributed by atoms with Gasteiger partial charge in [0.1, 0.15) is 5.82 Å². The molecule has 1 aromatic heterocycles. The predicted molar refractivity (Wildman–Crippen MR) is 114 cm³/mol. The Morgan fingerprint density at radius 1 is 0.963 bits per heavy atom. The molecule has 0 aliphatic heterocycles. The lowest BCUT2D eigenvalue weighted by atomic mass is 10.1. The predicted octanol–water partition coefficient (Wildman–Crippen LogP) is 5.64. The fourth-order valence-corrected chi connectivity index (χ4v) is 3.55. The van der Waals surface area contributed by atoms with Crippen molar-refractivity contribution in [2.75, 3.05) is 6.54 Å². The van der Waals surface area contributed by atoms with Crippen LogP contribution in [0.25, 0.3) is 11.0 Å². The molecule has 0 aliphatic rings. The van der Waals surface area contributed by atoms with Crippen LogP contribution in [0.3, 0.4) is 0 Å². The molecule has 1 aromatic carbocycles. The summed E-state index contributed by atoms with van der Waals surface area (Å²) in [5.74, 6) is 1.37. The van der Waals surface area contributed by atoms with Crippen molar-refractivity contribution in [3.05, 3.63) is 30.1 Å². The van der Waals surface area contributed by atoms with Crippen LogP contribution in [0.1, 0.15) is 83.9 Å². The highest BCUT2D eigenvalue weighted by Gasteiger charge is 2.10. The molecule has 150 valence electrons. The molecule has 0 atom stereocenters. The summed E-state index contributed by atoms with van der Waals surface area (Å²) in [7, 11) is 0. The van der Waals surface area contributed by atoms with Gasteiger partial charge in [0, 0.05) is 25.9 Å². The molecular formula is C23H37N3O. The highest BCUT2D eigenvalue weighted by molar-refractivity contribution is 5.76. The molecule has 4 nitrogen and oxygen atoms in total. The summed E-state index contributed by atoms with van der Waals surface area (Å²) in [6, 6.07) is 8.51. The van der Waals surface area contributed by atoms with Crippen molar-refractivity contribution < 1.29 is 4.79 Å². The van der Waals surface area contributed by atoms with Gasteiger partial charge in [0.25, 0.3) is 0 Å². The molecule has 2 rings (SSSR count). The van der Waals surface area contributed by atoms with Gasteiger partial charge in [0.2, 0.25) is 5.91 Å². The number of benzene rings is 1. The zero-order valence-electron chi connectivity index (χ0n) is 17.3. The second-order valence-electron chi connectivity index (χ2n) is 7.45. The monoisotopic (exact) mass is 371 g/mol. The van der Waals surface area contributed by atoms with Gasteiger partial charge in [-0.15, -0.1) is 0 Å². The van der Waals surface area contributed by atoms with Crippen LogP contribution in [0.4, 0.5) is 0 Å². The number of para-hydroxylation sites is 2. The zero-order chi connectivity index (χ0) is 19.3. The number of nitrogens with zero attached hydrogens (tertiary/aromatic N) is 2. The fourth-order valence-electron chi connectivity index (χ4n) is 3.55. The van der Waals surface area contributed by atoms with E-state index in [1.807, 2.05) is 6.92 Å². The highest BCUT2D eigenvalue weighted by Crippen LogP contribution is 2.19. The molecule has 0 saturated carbocycles. The number of hydrogen-bond acceptors (Lipinski definition) is 2. The number of hydrogen-bond donors (Lipinski definition) is 1. The first-order chi connectivity index (χ1) is 13.3. The second kappa shape index (κ2) is 12.5. The number of fused-ring (bicyclic) bond motifs is 1. The molecule has 1 amide bonds. The van der Waals surface area contributed by atoms with Crippen LogP contribution in [-0.2, 0) is 17.8 Å². The minimum Gasteiger partial charge on any atom is -0.356 e. The molecule has 0 fully saturated rings. The average Bonchev–Trinajstić information content (AvgIpc) is 3.04. The van der Waals surface area contributed by atoms with Crippen molar-refractivity contribution in [3.8, 4) is 0 Å². The van der Waals surface area contributed by atoms with E-state index in [2.05, 4.69) is 41.1 Å². The number of carbonyl (C=O) groups is 1.